The monoisotopic (exact) mass is 278 g/mol. The van der Waals surface area contributed by atoms with Gasteiger partial charge in [-0.15, -0.1) is 0 Å². The van der Waals surface area contributed by atoms with E-state index in [1.165, 1.54) is 56.9 Å². The van der Waals surface area contributed by atoms with Gasteiger partial charge < -0.3 is 5.11 Å². The summed E-state index contributed by atoms with van der Waals surface area (Å²) in [7, 11) is 0. The van der Waals surface area contributed by atoms with E-state index in [1.54, 1.807) is 0 Å². The lowest BCUT2D eigenvalue weighted by Crippen LogP contribution is -2.02. The predicted octanol–water partition coefficient (Wildman–Crippen LogP) is 5.64. The zero-order valence-corrected chi connectivity index (χ0v) is 13.0. The summed E-state index contributed by atoms with van der Waals surface area (Å²) in [5.41, 5.74) is 2.46. The zero-order valence-electron chi connectivity index (χ0n) is 13.0. The number of allylic oxidation sites excluding steroid dienone is 3. The summed E-state index contributed by atoms with van der Waals surface area (Å²) in [6.45, 7) is 2.23. The topological polar surface area (TPSA) is 37.3 Å². The highest BCUT2D eigenvalue weighted by Gasteiger charge is 2.11. The third-order valence-corrected chi connectivity index (χ3v) is 4.05. The van der Waals surface area contributed by atoms with Crippen molar-refractivity contribution in [2.75, 3.05) is 0 Å². The minimum atomic E-state index is -0.703. The summed E-state index contributed by atoms with van der Waals surface area (Å²) in [6.07, 6.45) is 18.0. The molecule has 0 amide bonds. The standard InChI is InChI=1S/C18H30O2/c1-2-3-4-5-6-7-9-14-17(15-18(19)20)16-12-10-8-11-13-16/h9,14H,2-8,10-13,15H2,1H3,(H,19,20)/b14-9+. The molecule has 1 N–H and O–H groups in total. The molecule has 20 heavy (non-hydrogen) atoms. The second-order valence-electron chi connectivity index (χ2n) is 5.87. The van der Waals surface area contributed by atoms with E-state index in [4.69, 9.17) is 5.11 Å². The molecule has 0 unspecified atom stereocenters. The summed E-state index contributed by atoms with van der Waals surface area (Å²) in [6, 6.07) is 0. The van der Waals surface area contributed by atoms with E-state index in [1.807, 2.05) is 0 Å². The van der Waals surface area contributed by atoms with E-state index in [-0.39, 0.29) is 6.42 Å². The molecule has 1 saturated carbocycles. The Labute approximate surface area is 124 Å². The van der Waals surface area contributed by atoms with Gasteiger partial charge in [-0.2, -0.15) is 0 Å². The van der Waals surface area contributed by atoms with Crippen LogP contribution in [0.5, 0.6) is 0 Å². The summed E-state index contributed by atoms with van der Waals surface area (Å²) in [5, 5.41) is 9.05. The predicted molar refractivity (Wildman–Crippen MR) is 84.9 cm³/mol. The first-order valence-corrected chi connectivity index (χ1v) is 8.33. The smallest absolute Gasteiger partial charge is 0.307 e. The lowest BCUT2D eigenvalue weighted by atomic mass is 9.89. The Morgan fingerprint density at radius 3 is 2.45 bits per heavy atom. The third-order valence-electron chi connectivity index (χ3n) is 4.05. The molecule has 0 bridgehead atoms. The van der Waals surface area contributed by atoms with Crippen molar-refractivity contribution in [3.63, 3.8) is 0 Å². The van der Waals surface area contributed by atoms with Crippen LogP contribution in [0.15, 0.2) is 23.3 Å². The molecule has 2 nitrogen and oxygen atoms in total. The lowest BCUT2D eigenvalue weighted by Gasteiger charge is -2.16. The minimum Gasteiger partial charge on any atom is -0.481 e. The first-order valence-electron chi connectivity index (χ1n) is 8.33. The molecular formula is C18H30O2. The third kappa shape index (κ3) is 7.52. The van der Waals surface area contributed by atoms with Crippen LogP contribution in [-0.4, -0.2) is 11.1 Å². The normalized spacial score (nSPS) is 15.8. The molecule has 0 aromatic rings. The molecule has 2 heteroatoms. The van der Waals surface area contributed by atoms with Crippen LogP contribution in [0.1, 0.15) is 84.0 Å². The van der Waals surface area contributed by atoms with Crippen LogP contribution < -0.4 is 0 Å². The Bertz CT molecular complexity index is 331. The fourth-order valence-electron chi connectivity index (χ4n) is 2.86. The SMILES string of the molecule is CCCCCCC/C=C/C(CC(=O)O)=C1CCCCC1. The average molecular weight is 278 g/mol. The molecule has 1 rings (SSSR count). The van der Waals surface area contributed by atoms with E-state index >= 15 is 0 Å². The molecule has 0 heterocycles. The molecule has 1 aliphatic carbocycles. The Hall–Kier alpha value is -1.05. The lowest BCUT2D eigenvalue weighted by molar-refractivity contribution is -0.136. The Balaban J connectivity index is 2.41. The first kappa shape index (κ1) is 17.0. The van der Waals surface area contributed by atoms with Gasteiger partial charge in [0.2, 0.25) is 0 Å². The molecule has 0 spiro atoms. The van der Waals surface area contributed by atoms with Crippen molar-refractivity contribution in [1.29, 1.82) is 0 Å². The Morgan fingerprint density at radius 1 is 1.10 bits per heavy atom. The van der Waals surface area contributed by atoms with E-state index in [0.717, 1.165) is 24.8 Å². The van der Waals surface area contributed by atoms with E-state index < -0.39 is 5.97 Å². The van der Waals surface area contributed by atoms with E-state index in [9.17, 15) is 4.79 Å². The maximum Gasteiger partial charge on any atom is 0.307 e. The second-order valence-corrected chi connectivity index (χ2v) is 5.87. The maximum atomic E-state index is 11.0. The van der Waals surface area contributed by atoms with Crippen LogP contribution in [0, 0.1) is 0 Å². The van der Waals surface area contributed by atoms with Gasteiger partial charge in [0.25, 0.3) is 0 Å². The second kappa shape index (κ2) is 10.7. The number of carboxylic acid groups (broad SMARTS) is 1. The minimum absolute atomic E-state index is 0.196. The molecule has 1 fully saturated rings. The number of carbonyl (C=O) groups is 1. The zero-order chi connectivity index (χ0) is 14.6. The van der Waals surface area contributed by atoms with Crippen molar-refractivity contribution in [3.05, 3.63) is 23.3 Å². The summed E-state index contributed by atoms with van der Waals surface area (Å²) in [5.74, 6) is -0.703. The molecule has 0 aromatic carbocycles. The van der Waals surface area contributed by atoms with Crippen molar-refractivity contribution in [2.24, 2.45) is 0 Å². The summed E-state index contributed by atoms with van der Waals surface area (Å²) < 4.78 is 0. The van der Waals surface area contributed by atoms with Crippen molar-refractivity contribution in [1.82, 2.24) is 0 Å². The van der Waals surface area contributed by atoms with Gasteiger partial charge in [-0.25, -0.2) is 0 Å². The maximum absolute atomic E-state index is 11.0. The van der Waals surface area contributed by atoms with Crippen LogP contribution in [0.3, 0.4) is 0 Å². The van der Waals surface area contributed by atoms with Crippen LogP contribution >= 0.6 is 0 Å². The molecule has 0 saturated heterocycles. The van der Waals surface area contributed by atoms with Gasteiger partial charge >= 0.3 is 5.97 Å². The van der Waals surface area contributed by atoms with Gasteiger partial charge in [-0.1, -0.05) is 56.8 Å². The molecular weight excluding hydrogens is 248 g/mol. The fourth-order valence-corrected chi connectivity index (χ4v) is 2.86. The molecule has 1 aliphatic rings. The largest absolute Gasteiger partial charge is 0.481 e. The van der Waals surface area contributed by atoms with E-state index in [0.29, 0.717) is 0 Å². The van der Waals surface area contributed by atoms with Gasteiger partial charge in [-0.3, -0.25) is 4.79 Å². The number of aliphatic carboxylic acids is 1. The van der Waals surface area contributed by atoms with Crippen molar-refractivity contribution in [2.45, 2.75) is 84.0 Å². The van der Waals surface area contributed by atoms with Gasteiger partial charge in [0.15, 0.2) is 0 Å². The highest BCUT2D eigenvalue weighted by molar-refractivity contribution is 5.71. The Morgan fingerprint density at radius 2 is 1.80 bits per heavy atom. The molecule has 0 aromatic heterocycles. The highest BCUT2D eigenvalue weighted by Crippen LogP contribution is 2.28. The number of carboxylic acids is 1. The van der Waals surface area contributed by atoms with Crippen LogP contribution in [-0.2, 0) is 4.79 Å². The molecule has 0 radical (unpaired) electrons. The van der Waals surface area contributed by atoms with Crippen molar-refractivity contribution >= 4 is 5.97 Å². The number of unbranched alkanes of at least 4 members (excludes halogenated alkanes) is 5. The molecule has 0 atom stereocenters. The number of hydrogen-bond acceptors (Lipinski definition) is 1. The quantitative estimate of drug-likeness (QED) is 0.554. The fraction of sp³-hybridized carbons (Fsp3) is 0.722. The van der Waals surface area contributed by atoms with Crippen molar-refractivity contribution < 1.29 is 9.90 Å². The first-order chi connectivity index (χ1) is 9.74. The number of hydrogen-bond donors (Lipinski definition) is 1. The van der Waals surface area contributed by atoms with E-state index in [2.05, 4.69) is 19.1 Å². The van der Waals surface area contributed by atoms with Crippen molar-refractivity contribution in [3.8, 4) is 0 Å². The highest BCUT2D eigenvalue weighted by atomic mass is 16.4. The van der Waals surface area contributed by atoms with Crippen LogP contribution in [0.4, 0.5) is 0 Å². The number of rotatable bonds is 9. The van der Waals surface area contributed by atoms with Gasteiger partial charge in [-0.05, 0) is 44.1 Å². The Kier molecular flexibility index (Phi) is 9.10. The van der Waals surface area contributed by atoms with Gasteiger partial charge in [0.05, 0.1) is 6.42 Å². The van der Waals surface area contributed by atoms with Crippen LogP contribution in [0.25, 0.3) is 0 Å². The molecule has 0 aliphatic heterocycles. The summed E-state index contributed by atoms with van der Waals surface area (Å²) >= 11 is 0. The van der Waals surface area contributed by atoms with Crippen LogP contribution in [0.2, 0.25) is 0 Å². The summed E-state index contributed by atoms with van der Waals surface area (Å²) in [4.78, 5) is 11.0. The van der Waals surface area contributed by atoms with Gasteiger partial charge in [0.1, 0.15) is 0 Å². The molecule has 114 valence electrons. The van der Waals surface area contributed by atoms with Gasteiger partial charge in [0, 0.05) is 0 Å². The average Bonchev–Trinajstić information content (AvgIpc) is 2.45.